The van der Waals surface area contributed by atoms with E-state index in [0.29, 0.717) is 0 Å². The first-order chi connectivity index (χ1) is 8.29. The topological polar surface area (TPSA) is 33.1 Å². The van der Waals surface area contributed by atoms with Crippen LogP contribution in [0.25, 0.3) is 11.3 Å². The Morgan fingerprint density at radius 1 is 1.11 bits per heavy atom. The first kappa shape index (κ1) is 13.2. The number of thiazole rings is 1. The Kier molecular flexibility index (Phi) is 3.30. The third-order valence-electron chi connectivity index (χ3n) is 2.96. The van der Waals surface area contributed by atoms with Gasteiger partial charge in [-0.05, 0) is 45.7 Å². The average molecular weight is 261 g/mol. The van der Waals surface area contributed by atoms with Crippen molar-refractivity contribution in [1.82, 2.24) is 4.98 Å². The highest BCUT2D eigenvalue weighted by molar-refractivity contribution is 7.10. The highest BCUT2D eigenvalue weighted by atomic mass is 32.1. The van der Waals surface area contributed by atoms with Crippen LogP contribution in [0.4, 0.5) is 0 Å². The number of aryl methyl sites for hydroxylation is 3. The fourth-order valence-electron chi connectivity index (χ4n) is 2.25. The van der Waals surface area contributed by atoms with Crippen LogP contribution in [0, 0.1) is 20.8 Å². The molecule has 0 radical (unpaired) electrons. The summed E-state index contributed by atoms with van der Waals surface area (Å²) in [4.78, 5) is 4.57. The lowest BCUT2D eigenvalue weighted by Gasteiger charge is -2.13. The van der Waals surface area contributed by atoms with E-state index in [9.17, 15) is 5.11 Å². The van der Waals surface area contributed by atoms with Gasteiger partial charge in [-0.15, -0.1) is 11.3 Å². The van der Waals surface area contributed by atoms with Crippen LogP contribution >= 0.6 is 11.3 Å². The molecule has 0 spiro atoms. The van der Waals surface area contributed by atoms with Crippen LogP contribution in [0.5, 0.6) is 0 Å². The van der Waals surface area contributed by atoms with E-state index in [1.54, 1.807) is 13.8 Å². The van der Waals surface area contributed by atoms with Crippen molar-refractivity contribution in [3.05, 3.63) is 39.2 Å². The second kappa shape index (κ2) is 4.48. The fourth-order valence-corrected chi connectivity index (χ4v) is 3.09. The summed E-state index contributed by atoms with van der Waals surface area (Å²) >= 11 is 1.51. The van der Waals surface area contributed by atoms with Gasteiger partial charge in [-0.2, -0.15) is 0 Å². The molecule has 0 atom stereocenters. The molecule has 0 saturated heterocycles. The molecular weight excluding hydrogens is 242 g/mol. The minimum atomic E-state index is -0.866. The molecule has 0 fully saturated rings. The van der Waals surface area contributed by atoms with Crippen LogP contribution in [-0.4, -0.2) is 10.1 Å². The van der Waals surface area contributed by atoms with Gasteiger partial charge in [0.2, 0.25) is 0 Å². The molecule has 1 heterocycles. The normalized spacial score (nSPS) is 11.9. The number of nitrogens with zero attached hydrogens (tertiary/aromatic N) is 1. The molecule has 0 bridgehead atoms. The van der Waals surface area contributed by atoms with Crippen LogP contribution in [0.1, 0.15) is 35.5 Å². The predicted octanol–water partition coefficient (Wildman–Crippen LogP) is 3.96. The van der Waals surface area contributed by atoms with Crippen molar-refractivity contribution in [2.24, 2.45) is 0 Å². The highest BCUT2D eigenvalue weighted by Crippen LogP contribution is 2.32. The predicted molar refractivity (Wildman–Crippen MR) is 77.0 cm³/mol. The minimum absolute atomic E-state index is 0.761. The van der Waals surface area contributed by atoms with Crippen molar-refractivity contribution in [3.63, 3.8) is 0 Å². The molecule has 18 heavy (non-hydrogen) atoms. The van der Waals surface area contributed by atoms with Gasteiger partial charge in [0.15, 0.2) is 0 Å². The van der Waals surface area contributed by atoms with Crippen molar-refractivity contribution >= 4 is 11.3 Å². The molecule has 3 heteroatoms. The van der Waals surface area contributed by atoms with Crippen molar-refractivity contribution in [2.75, 3.05) is 0 Å². The monoisotopic (exact) mass is 261 g/mol. The van der Waals surface area contributed by atoms with Gasteiger partial charge in [0.25, 0.3) is 0 Å². The first-order valence-corrected chi connectivity index (χ1v) is 6.93. The Hall–Kier alpha value is -1.19. The second-order valence-corrected chi connectivity index (χ2v) is 6.23. The van der Waals surface area contributed by atoms with Crippen LogP contribution in [-0.2, 0) is 5.60 Å². The van der Waals surface area contributed by atoms with Crippen molar-refractivity contribution in [2.45, 2.75) is 40.2 Å². The quantitative estimate of drug-likeness (QED) is 0.887. The summed E-state index contributed by atoms with van der Waals surface area (Å²) in [5.41, 5.74) is 5.03. The third-order valence-corrected chi connectivity index (χ3v) is 4.12. The summed E-state index contributed by atoms with van der Waals surface area (Å²) in [7, 11) is 0. The summed E-state index contributed by atoms with van der Waals surface area (Å²) in [6, 6.07) is 4.34. The molecule has 1 N–H and O–H groups in total. The van der Waals surface area contributed by atoms with Gasteiger partial charge in [0.05, 0.1) is 5.69 Å². The number of aliphatic hydroxyl groups is 1. The van der Waals surface area contributed by atoms with E-state index < -0.39 is 5.60 Å². The maximum atomic E-state index is 9.98. The number of rotatable bonds is 2. The summed E-state index contributed by atoms with van der Waals surface area (Å²) < 4.78 is 0. The molecular formula is C15H19NOS. The zero-order chi connectivity index (χ0) is 13.5. The lowest BCUT2D eigenvalue weighted by molar-refractivity contribution is 0.0783. The lowest BCUT2D eigenvalue weighted by Crippen LogP contribution is -2.14. The molecule has 0 aliphatic heterocycles. The Morgan fingerprint density at radius 3 is 2.11 bits per heavy atom. The number of hydrogen-bond donors (Lipinski definition) is 1. The molecule has 0 unspecified atom stereocenters. The Bertz CT molecular complexity index is 555. The highest BCUT2D eigenvalue weighted by Gasteiger charge is 2.21. The first-order valence-electron chi connectivity index (χ1n) is 6.05. The zero-order valence-electron chi connectivity index (χ0n) is 11.5. The van der Waals surface area contributed by atoms with Crippen LogP contribution in [0.15, 0.2) is 17.5 Å². The average Bonchev–Trinajstić information content (AvgIpc) is 2.64. The minimum Gasteiger partial charge on any atom is -0.383 e. The van der Waals surface area contributed by atoms with Gasteiger partial charge in [-0.25, -0.2) is 4.98 Å². The van der Waals surface area contributed by atoms with E-state index in [0.717, 1.165) is 10.7 Å². The Morgan fingerprint density at radius 2 is 1.67 bits per heavy atom. The van der Waals surface area contributed by atoms with Crippen LogP contribution < -0.4 is 0 Å². The van der Waals surface area contributed by atoms with E-state index in [1.165, 1.54) is 33.6 Å². The molecule has 2 rings (SSSR count). The molecule has 0 aliphatic carbocycles. The smallest absolute Gasteiger partial charge is 0.124 e. The van der Waals surface area contributed by atoms with Gasteiger partial charge >= 0.3 is 0 Å². The van der Waals surface area contributed by atoms with Gasteiger partial charge in [-0.1, -0.05) is 17.7 Å². The van der Waals surface area contributed by atoms with Gasteiger partial charge in [0, 0.05) is 10.9 Å². The maximum absolute atomic E-state index is 9.98. The number of hydrogen-bond acceptors (Lipinski definition) is 3. The molecule has 0 saturated carbocycles. The zero-order valence-corrected chi connectivity index (χ0v) is 12.4. The maximum Gasteiger partial charge on any atom is 0.124 e. The van der Waals surface area contributed by atoms with Gasteiger partial charge in [-0.3, -0.25) is 0 Å². The van der Waals surface area contributed by atoms with E-state index in [2.05, 4.69) is 37.9 Å². The summed E-state index contributed by atoms with van der Waals surface area (Å²) in [6.45, 7) is 9.86. The SMILES string of the molecule is Cc1cc(C)c(-c2csc(C(C)(C)O)n2)c(C)c1. The van der Waals surface area contributed by atoms with Gasteiger partial charge < -0.3 is 5.11 Å². The largest absolute Gasteiger partial charge is 0.383 e. The number of benzene rings is 1. The summed E-state index contributed by atoms with van der Waals surface area (Å²) in [5.74, 6) is 0. The van der Waals surface area contributed by atoms with Crippen molar-refractivity contribution in [3.8, 4) is 11.3 Å². The van der Waals surface area contributed by atoms with Crippen molar-refractivity contribution in [1.29, 1.82) is 0 Å². The fraction of sp³-hybridized carbons (Fsp3) is 0.400. The Labute approximate surface area is 112 Å². The second-order valence-electron chi connectivity index (χ2n) is 5.37. The standard InChI is InChI=1S/C15H19NOS/c1-9-6-10(2)13(11(3)7-9)12-8-18-14(16-12)15(4,5)17/h6-8,17H,1-5H3. The van der Waals surface area contributed by atoms with E-state index in [4.69, 9.17) is 0 Å². The third kappa shape index (κ3) is 2.47. The van der Waals surface area contributed by atoms with E-state index in [-0.39, 0.29) is 0 Å². The molecule has 2 aromatic rings. The number of aromatic nitrogens is 1. The van der Waals surface area contributed by atoms with Gasteiger partial charge in [0.1, 0.15) is 10.6 Å². The molecule has 0 aliphatic rings. The van der Waals surface area contributed by atoms with E-state index in [1.807, 2.05) is 5.38 Å². The van der Waals surface area contributed by atoms with Crippen LogP contribution in [0.2, 0.25) is 0 Å². The Balaban J connectivity index is 2.53. The molecule has 96 valence electrons. The molecule has 1 aromatic heterocycles. The van der Waals surface area contributed by atoms with E-state index >= 15 is 0 Å². The molecule has 2 nitrogen and oxygen atoms in total. The summed E-state index contributed by atoms with van der Waals surface area (Å²) in [5, 5.41) is 12.8. The molecule has 1 aromatic carbocycles. The molecule has 0 amide bonds. The summed E-state index contributed by atoms with van der Waals surface area (Å²) in [6.07, 6.45) is 0. The lowest BCUT2D eigenvalue weighted by atomic mass is 9.98. The van der Waals surface area contributed by atoms with Crippen molar-refractivity contribution < 1.29 is 5.11 Å². The van der Waals surface area contributed by atoms with Crippen LogP contribution in [0.3, 0.4) is 0 Å².